The van der Waals surface area contributed by atoms with Crippen molar-refractivity contribution in [2.75, 3.05) is 25.4 Å². The Hall–Kier alpha value is -1.83. The second-order valence-electron chi connectivity index (χ2n) is 4.88. The van der Waals surface area contributed by atoms with E-state index in [9.17, 15) is 9.59 Å². The zero-order chi connectivity index (χ0) is 15.2. The molecule has 2 heterocycles. The van der Waals surface area contributed by atoms with E-state index in [1.165, 1.54) is 11.3 Å². The molecule has 1 fully saturated rings. The van der Waals surface area contributed by atoms with Crippen molar-refractivity contribution < 1.29 is 14.3 Å². The molecule has 7 nitrogen and oxygen atoms in total. The number of nitrogens with one attached hydrogen (secondary N) is 1. The van der Waals surface area contributed by atoms with Crippen LogP contribution in [0.2, 0.25) is 0 Å². The van der Waals surface area contributed by atoms with Crippen LogP contribution in [-0.2, 0) is 16.0 Å². The highest BCUT2D eigenvalue weighted by Gasteiger charge is 2.24. The Balaban J connectivity index is 1.73. The fourth-order valence-electron chi connectivity index (χ4n) is 2.27. The fraction of sp³-hybridized carbons (Fsp3) is 0.615. The van der Waals surface area contributed by atoms with Gasteiger partial charge < -0.3 is 20.7 Å². The van der Waals surface area contributed by atoms with Crippen molar-refractivity contribution in [3.8, 4) is 0 Å². The first-order chi connectivity index (χ1) is 10.1. The van der Waals surface area contributed by atoms with Crippen LogP contribution in [0.25, 0.3) is 0 Å². The van der Waals surface area contributed by atoms with Crippen molar-refractivity contribution in [1.82, 2.24) is 15.2 Å². The van der Waals surface area contributed by atoms with E-state index in [1.807, 2.05) is 0 Å². The molecule has 0 unspecified atom stereocenters. The molecule has 0 bridgehead atoms. The topological polar surface area (TPSA) is 97.5 Å². The number of hydrogen-bond donors (Lipinski definition) is 2. The van der Waals surface area contributed by atoms with Gasteiger partial charge in [0.15, 0.2) is 5.13 Å². The number of nitrogens with zero attached hydrogens (tertiary/aromatic N) is 2. The minimum absolute atomic E-state index is 0.0603. The van der Waals surface area contributed by atoms with Crippen LogP contribution in [-0.4, -0.2) is 47.6 Å². The Morgan fingerprint density at radius 1 is 1.52 bits per heavy atom. The number of nitrogens with two attached hydrogens (primary N) is 1. The van der Waals surface area contributed by atoms with Gasteiger partial charge in [0.2, 0.25) is 5.91 Å². The van der Waals surface area contributed by atoms with Crippen LogP contribution in [0, 0.1) is 0 Å². The Labute approximate surface area is 127 Å². The molecular weight excluding hydrogens is 292 g/mol. The summed E-state index contributed by atoms with van der Waals surface area (Å²) < 4.78 is 4.96. The number of nitrogen functional groups attached to an aromatic ring is 1. The van der Waals surface area contributed by atoms with E-state index in [1.54, 1.807) is 17.2 Å². The van der Waals surface area contributed by atoms with Gasteiger partial charge in [0.25, 0.3) is 0 Å². The molecule has 2 amide bonds. The molecule has 1 aliphatic rings. The molecule has 1 aromatic rings. The van der Waals surface area contributed by atoms with Crippen LogP contribution < -0.4 is 11.1 Å². The fourth-order valence-corrected chi connectivity index (χ4v) is 2.83. The molecule has 0 spiro atoms. The van der Waals surface area contributed by atoms with E-state index < -0.39 is 0 Å². The summed E-state index contributed by atoms with van der Waals surface area (Å²) in [5.41, 5.74) is 6.23. The molecule has 1 aromatic heterocycles. The molecule has 2 rings (SSSR count). The highest BCUT2D eigenvalue weighted by Crippen LogP contribution is 2.13. The summed E-state index contributed by atoms with van der Waals surface area (Å²) in [7, 11) is 0. The van der Waals surface area contributed by atoms with Gasteiger partial charge in [0.1, 0.15) is 0 Å². The maximum atomic E-state index is 11.9. The lowest BCUT2D eigenvalue weighted by Crippen LogP contribution is -2.47. The van der Waals surface area contributed by atoms with Crippen molar-refractivity contribution in [2.24, 2.45) is 0 Å². The Morgan fingerprint density at radius 3 is 2.81 bits per heavy atom. The lowest BCUT2D eigenvalue weighted by Gasteiger charge is -2.31. The zero-order valence-electron chi connectivity index (χ0n) is 12.0. The molecule has 21 heavy (non-hydrogen) atoms. The summed E-state index contributed by atoms with van der Waals surface area (Å²) in [6, 6.07) is 0.0964. The molecule has 0 atom stereocenters. The van der Waals surface area contributed by atoms with Gasteiger partial charge in [-0.15, -0.1) is 11.3 Å². The lowest BCUT2D eigenvalue weighted by molar-refractivity contribution is -0.121. The van der Waals surface area contributed by atoms with Gasteiger partial charge in [-0.3, -0.25) is 4.79 Å². The number of carbonyl (C=O) groups excluding carboxylic acids is 2. The predicted molar refractivity (Wildman–Crippen MR) is 80.0 cm³/mol. The zero-order valence-corrected chi connectivity index (χ0v) is 12.8. The molecule has 3 N–H and O–H groups in total. The number of aromatic nitrogens is 1. The smallest absolute Gasteiger partial charge is 0.409 e. The first kappa shape index (κ1) is 15.6. The highest BCUT2D eigenvalue weighted by atomic mass is 32.1. The van der Waals surface area contributed by atoms with Crippen LogP contribution >= 0.6 is 11.3 Å². The van der Waals surface area contributed by atoms with Crippen LogP contribution in [0.15, 0.2) is 5.38 Å². The monoisotopic (exact) mass is 312 g/mol. The molecule has 0 radical (unpaired) electrons. The molecule has 116 valence electrons. The summed E-state index contributed by atoms with van der Waals surface area (Å²) in [6.45, 7) is 3.38. The Morgan fingerprint density at radius 2 is 2.24 bits per heavy atom. The lowest BCUT2D eigenvalue weighted by atomic mass is 10.1. The number of anilines is 1. The van der Waals surface area contributed by atoms with Crippen LogP contribution in [0.1, 0.15) is 25.5 Å². The summed E-state index contributed by atoms with van der Waals surface area (Å²) >= 11 is 1.33. The number of hydrogen-bond acceptors (Lipinski definition) is 6. The van der Waals surface area contributed by atoms with E-state index in [-0.39, 0.29) is 24.5 Å². The van der Waals surface area contributed by atoms with Crippen LogP contribution in [0.5, 0.6) is 0 Å². The first-order valence-electron chi connectivity index (χ1n) is 6.99. The van der Waals surface area contributed by atoms with Gasteiger partial charge in [-0.1, -0.05) is 0 Å². The van der Waals surface area contributed by atoms with Gasteiger partial charge >= 0.3 is 6.09 Å². The van der Waals surface area contributed by atoms with Crippen LogP contribution in [0.3, 0.4) is 0 Å². The molecular formula is C13H20N4O3S. The Bertz CT molecular complexity index is 497. The molecule has 1 saturated heterocycles. The van der Waals surface area contributed by atoms with Gasteiger partial charge in [-0.25, -0.2) is 9.78 Å². The number of piperidine rings is 1. The van der Waals surface area contributed by atoms with Crippen molar-refractivity contribution in [3.05, 3.63) is 11.1 Å². The van der Waals surface area contributed by atoms with Gasteiger partial charge in [0, 0.05) is 24.5 Å². The van der Waals surface area contributed by atoms with E-state index in [2.05, 4.69) is 10.3 Å². The maximum Gasteiger partial charge on any atom is 0.409 e. The van der Waals surface area contributed by atoms with Crippen molar-refractivity contribution >= 4 is 28.5 Å². The quantitative estimate of drug-likeness (QED) is 0.864. The van der Waals surface area contributed by atoms with Gasteiger partial charge in [0.05, 0.1) is 18.7 Å². The maximum absolute atomic E-state index is 11.9. The number of likely N-dealkylation sites (tertiary alicyclic amines) is 1. The van der Waals surface area contributed by atoms with Gasteiger partial charge in [-0.05, 0) is 19.8 Å². The summed E-state index contributed by atoms with van der Waals surface area (Å²) in [5, 5.41) is 5.24. The standard InChI is InChI=1S/C13H20N4O3S/c1-2-20-13(19)17-5-3-9(4-6-17)15-11(18)7-10-8-21-12(14)16-10/h8-9H,2-7H2,1H3,(H2,14,16)(H,15,18). The van der Waals surface area contributed by atoms with E-state index >= 15 is 0 Å². The van der Waals surface area contributed by atoms with Gasteiger partial charge in [-0.2, -0.15) is 0 Å². The number of carbonyl (C=O) groups is 2. The van der Waals surface area contributed by atoms with E-state index in [0.717, 1.165) is 12.8 Å². The average Bonchev–Trinajstić information content (AvgIpc) is 2.85. The summed E-state index contributed by atoms with van der Waals surface area (Å²) in [5.74, 6) is -0.0603. The number of thiazole rings is 1. The summed E-state index contributed by atoms with van der Waals surface area (Å²) in [4.78, 5) is 29.2. The largest absolute Gasteiger partial charge is 0.450 e. The minimum Gasteiger partial charge on any atom is -0.450 e. The second-order valence-corrected chi connectivity index (χ2v) is 5.77. The third-order valence-electron chi connectivity index (χ3n) is 3.30. The predicted octanol–water partition coefficient (Wildman–Crippen LogP) is 1.00. The average molecular weight is 312 g/mol. The third-order valence-corrected chi connectivity index (χ3v) is 4.02. The SMILES string of the molecule is CCOC(=O)N1CCC(NC(=O)Cc2csc(N)n2)CC1. The number of amides is 2. The summed E-state index contributed by atoms with van der Waals surface area (Å²) in [6.07, 6.45) is 1.44. The molecule has 0 aromatic carbocycles. The molecule has 0 saturated carbocycles. The Kier molecular flexibility index (Phi) is 5.38. The number of rotatable bonds is 4. The highest BCUT2D eigenvalue weighted by molar-refractivity contribution is 7.13. The van der Waals surface area contributed by atoms with E-state index in [0.29, 0.717) is 30.5 Å². The van der Waals surface area contributed by atoms with Crippen molar-refractivity contribution in [2.45, 2.75) is 32.2 Å². The van der Waals surface area contributed by atoms with Crippen LogP contribution in [0.4, 0.5) is 9.93 Å². The second kappa shape index (κ2) is 7.26. The molecule has 8 heteroatoms. The first-order valence-corrected chi connectivity index (χ1v) is 7.87. The number of ether oxygens (including phenoxy) is 1. The molecule has 0 aliphatic carbocycles. The third kappa shape index (κ3) is 4.59. The minimum atomic E-state index is -0.278. The van der Waals surface area contributed by atoms with Crippen molar-refractivity contribution in [1.29, 1.82) is 0 Å². The normalized spacial score (nSPS) is 15.8. The van der Waals surface area contributed by atoms with E-state index in [4.69, 9.17) is 10.5 Å². The molecule has 1 aliphatic heterocycles. The van der Waals surface area contributed by atoms with Crippen molar-refractivity contribution in [3.63, 3.8) is 0 Å².